The fourth-order valence-corrected chi connectivity index (χ4v) is 2.22. The zero-order chi connectivity index (χ0) is 13.1. The lowest BCUT2D eigenvalue weighted by molar-refractivity contribution is -0.384. The number of amides is 1. The van der Waals surface area contributed by atoms with Gasteiger partial charge in [0.1, 0.15) is 5.69 Å². The van der Waals surface area contributed by atoms with Gasteiger partial charge < -0.3 is 15.6 Å². The van der Waals surface area contributed by atoms with Gasteiger partial charge in [-0.1, -0.05) is 0 Å². The topological polar surface area (TPSA) is 105 Å². The molecule has 1 atom stereocenters. The highest BCUT2D eigenvalue weighted by atomic mass is 35.5. The highest BCUT2D eigenvalue weighted by Gasteiger charge is 2.25. The first-order chi connectivity index (χ1) is 8.61. The Bertz CT molecular complexity index is 463. The first-order valence-electron chi connectivity index (χ1n) is 5.94. The van der Waals surface area contributed by atoms with Crippen LogP contribution in [0, 0.1) is 16.0 Å². The molecule has 1 amide bonds. The molecule has 8 heteroatoms. The molecule has 3 N–H and O–H groups in total. The number of nitro groups is 1. The molecule has 1 saturated heterocycles. The number of piperidine rings is 1. The van der Waals surface area contributed by atoms with Gasteiger partial charge in [-0.2, -0.15) is 0 Å². The summed E-state index contributed by atoms with van der Waals surface area (Å²) in [5.74, 6) is 0.133. The summed E-state index contributed by atoms with van der Waals surface area (Å²) in [6.45, 7) is 1.87. The van der Waals surface area contributed by atoms with Gasteiger partial charge in [-0.3, -0.25) is 14.9 Å². The molecule has 0 radical (unpaired) electrons. The van der Waals surface area contributed by atoms with E-state index in [4.69, 9.17) is 5.73 Å². The van der Waals surface area contributed by atoms with E-state index in [1.165, 1.54) is 12.3 Å². The van der Waals surface area contributed by atoms with Crippen LogP contribution in [0.3, 0.4) is 0 Å². The van der Waals surface area contributed by atoms with Crippen molar-refractivity contribution in [2.75, 3.05) is 19.6 Å². The van der Waals surface area contributed by atoms with E-state index in [-0.39, 0.29) is 29.7 Å². The molecule has 2 heterocycles. The summed E-state index contributed by atoms with van der Waals surface area (Å²) in [5, 5.41) is 10.6. The summed E-state index contributed by atoms with van der Waals surface area (Å²) in [4.78, 5) is 26.5. The number of aromatic nitrogens is 1. The second-order valence-corrected chi connectivity index (χ2v) is 4.52. The molecule has 0 saturated carbocycles. The molecule has 1 aromatic rings. The fraction of sp³-hybridized carbons (Fsp3) is 0.545. The van der Waals surface area contributed by atoms with Gasteiger partial charge in [0.25, 0.3) is 11.6 Å². The Morgan fingerprint density at radius 2 is 2.37 bits per heavy atom. The molecule has 1 aliphatic rings. The minimum absolute atomic E-state index is 0. The second-order valence-electron chi connectivity index (χ2n) is 4.52. The average molecular weight is 289 g/mol. The van der Waals surface area contributed by atoms with Crippen LogP contribution in [0.4, 0.5) is 5.69 Å². The van der Waals surface area contributed by atoms with Crippen molar-refractivity contribution >= 4 is 24.0 Å². The molecule has 1 aliphatic heterocycles. The first kappa shape index (κ1) is 15.5. The summed E-state index contributed by atoms with van der Waals surface area (Å²) >= 11 is 0. The van der Waals surface area contributed by atoms with Crippen LogP contribution in [-0.4, -0.2) is 40.3 Å². The highest BCUT2D eigenvalue weighted by Crippen LogP contribution is 2.19. The summed E-state index contributed by atoms with van der Waals surface area (Å²) < 4.78 is 0. The standard InChI is InChI=1S/C11H16N4O3.ClH/c12-5-8-2-1-3-14(7-8)11(16)10-4-9(6-13-10)15(17)18;/h4,6,8,13H,1-3,5,7,12H2;1H. The summed E-state index contributed by atoms with van der Waals surface area (Å²) in [7, 11) is 0. The monoisotopic (exact) mass is 288 g/mol. The van der Waals surface area contributed by atoms with E-state index >= 15 is 0 Å². The molecule has 0 bridgehead atoms. The van der Waals surface area contributed by atoms with Gasteiger partial charge >= 0.3 is 0 Å². The lowest BCUT2D eigenvalue weighted by Crippen LogP contribution is -2.42. The number of nitrogens with two attached hydrogens (primary N) is 1. The number of carbonyl (C=O) groups is 1. The predicted molar refractivity (Wildman–Crippen MR) is 72.4 cm³/mol. The van der Waals surface area contributed by atoms with E-state index in [1.807, 2.05) is 0 Å². The van der Waals surface area contributed by atoms with Gasteiger partial charge in [0.2, 0.25) is 0 Å². The van der Waals surface area contributed by atoms with E-state index in [2.05, 4.69) is 4.98 Å². The Kier molecular flexibility index (Phi) is 5.31. The van der Waals surface area contributed by atoms with Crippen molar-refractivity contribution in [3.05, 3.63) is 28.1 Å². The lowest BCUT2D eigenvalue weighted by atomic mass is 9.98. The van der Waals surface area contributed by atoms with Gasteiger partial charge in [0.05, 0.1) is 11.1 Å². The van der Waals surface area contributed by atoms with Gasteiger partial charge in [-0.15, -0.1) is 12.4 Å². The van der Waals surface area contributed by atoms with Gasteiger partial charge in [0, 0.05) is 19.2 Å². The summed E-state index contributed by atoms with van der Waals surface area (Å²) in [6, 6.07) is 1.27. The minimum atomic E-state index is -0.522. The number of nitrogens with zero attached hydrogens (tertiary/aromatic N) is 2. The third-order valence-electron chi connectivity index (χ3n) is 3.25. The number of hydrogen-bond donors (Lipinski definition) is 2. The van der Waals surface area contributed by atoms with Crippen molar-refractivity contribution in [2.45, 2.75) is 12.8 Å². The molecular weight excluding hydrogens is 272 g/mol. The summed E-state index contributed by atoms with van der Waals surface area (Å²) in [6.07, 6.45) is 3.19. The molecule has 1 fully saturated rings. The van der Waals surface area contributed by atoms with Crippen molar-refractivity contribution in [3.8, 4) is 0 Å². The van der Waals surface area contributed by atoms with E-state index < -0.39 is 4.92 Å². The quantitative estimate of drug-likeness (QED) is 0.643. The molecule has 19 heavy (non-hydrogen) atoms. The van der Waals surface area contributed by atoms with E-state index in [0.29, 0.717) is 25.6 Å². The van der Waals surface area contributed by atoms with Crippen LogP contribution in [0.2, 0.25) is 0 Å². The number of nitrogens with one attached hydrogen (secondary N) is 1. The Morgan fingerprint density at radius 3 is 2.95 bits per heavy atom. The highest BCUT2D eigenvalue weighted by molar-refractivity contribution is 5.93. The third-order valence-corrected chi connectivity index (χ3v) is 3.25. The molecule has 1 unspecified atom stereocenters. The van der Waals surface area contributed by atoms with Crippen molar-refractivity contribution in [3.63, 3.8) is 0 Å². The lowest BCUT2D eigenvalue weighted by Gasteiger charge is -2.31. The van der Waals surface area contributed by atoms with E-state index in [9.17, 15) is 14.9 Å². The molecular formula is C11H17ClN4O3. The fourth-order valence-electron chi connectivity index (χ4n) is 2.22. The molecule has 0 aromatic carbocycles. The van der Waals surface area contributed by atoms with Gasteiger partial charge in [-0.05, 0) is 25.3 Å². The van der Waals surface area contributed by atoms with Gasteiger partial charge in [-0.25, -0.2) is 0 Å². The second kappa shape index (κ2) is 6.53. The number of carbonyl (C=O) groups excluding carboxylic acids is 1. The normalized spacial score (nSPS) is 18.8. The predicted octanol–water partition coefficient (Wildman–Crippen LogP) is 1.16. The maximum atomic E-state index is 12.1. The number of halogens is 1. The average Bonchev–Trinajstić information content (AvgIpc) is 2.87. The van der Waals surface area contributed by atoms with Crippen LogP contribution in [0.5, 0.6) is 0 Å². The van der Waals surface area contributed by atoms with Gasteiger partial charge in [0.15, 0.2) is 0 Å². The van der Waals surface area contributed by atoms with Crippen molar-refractivity contribution in [2.24, 2.45) is 11.7 Å². The zero-order valence-corrected chi connectivity index (χ0v) is 11.2. The van der Waals surface area contributed by atoms with Crippen LogP contribution in [-0.2, 0) is 0 Å². The number of likely N-dealkylation sites (tertiary alicyclic amines) is 1. The zero-order valence-electron chi connectivity index (χ0n) is 10.4. The minimum Gasteiger partial charge on any atom is -0.351 e. The van der Waals surface area contributed by atoms with E-state index in [1.54, 1.807) is 4.90 Å². The number of aromatic amines is 1. The molecule has 0 aliphatic carbocycles. The maximum absolute atomic E-state index is 12.1. The molecule has 106 valence electrons. The van der Waals surface area contributed by atoms with E-state index in [0.717, 1.165) is 12.8 Å². The SMILES string of the molecule is Cl.NCC1CCCN(C(=O)c2cc([N+](=O)[O-])c[nH]2)C1. The molecule has 1 aromatic heterocycles. The largest absolute Gasteiger partial charge is 0.351 e. The molecule has 2 rings (SSSR count). The molecule has 7 nitrogen and oxygen atoms in total. The molecule has 0 spiro atoms. The van der Waals surface area contributed by atoms with Crippen molar-refractivity contribution < 1.29 is 9.72 Å². The van der Waals surface area contributed by atoms with Crippen LogP contribution in [0.15, 0.2) is 12.3 Å². The van der Waals surface area contributed by atoms with Crippen molar-refractivity contribution in [1.82, 2.24) is 9.88 Å². The number of rotatable bonds is 3. The third kappa shape index (κ3) is 3.45. The van der Waals surface area contributed by atoms with Crippen LogP contribution >= 0.6 is 12.4 Å². The van der Waals surface area contributed by atoms with Crippen LogP contribution < -0.4 is 5.73 Å². The number of H-pyrrole nitrogens is 1. The first-order valence-corrected chi connectivity index (χ1v) is 5.94. The number of hydrogen-bond acceptors (Lipinski definition) is 4. The summed E-state index contributed by atoms with van der Waals surface area (Å²) in [5.41, 5.74) is 5.78. The van der Waals surface area contributed by atoms with Crippen molar-refractivity contribution in [1.29, 1.82) is 0 Å². The smallest absolute Gasteiger partial charge is 0.287 e. The Hall–Kier alpha value is -1.60. The Labute approximate surface area is 116 Å². The van der Waals surface area contributed by atoms with Crippen LogP contribution in [0.25, 0.3) is 0 Å². The maximum Gasteiger partial charge on any atom is 0.287 e. The van der Waals surface area contributed by atoms with Crippen LogP contribution in [0.1, 0.15) is 23.3 Å². The Balaban J connectivity index is 0.00000180. The Morgan fingerprint density at radius 1 is 1.63 bits per heavy atom.